The topological polar surface area (TPSA) is 66.5 Å². The van der Waals surface area contributed by atoms with Crippen molar-refractivity contribution in [3.8, 4) is 5.75 Å². The number of carbonyl (C=O) groups excluding carboxylic acids is 1. The van der Waals surface area contributed by atoms with Crippen molar-refractivity contribution < 1.29 is 9.53 Å². The quantitative estimate of drug-likeness (QED) is 0.515. The lowest BCUT2D eigenvalue weighted by atomic mass is 10.1. The third-order valence-electron chi connectivity index (χ3n) is 3.58. The van der Waals surface area contributed by atoms with Gasteiger partial charge in [0.2, 0.25) is 0 Å². The van der Waals surface area contributed by atoms with Crippen molar-refractivity contribution in [1.29, 1.82) is 0 Å². The molecule has 3 aromatic rings. The lowest BCUT2D eigenvalue weighted by Gasteiger charge is -2.06. The monoisotopic (exact) mass is 375 g/mol. The maximum atomic E-state index is 11.8. The molecule has 0 fully saturated rings. The SMILES string of the molecule is Cc1[nH]c2ccccc2c1C=NNC(=O)COc1ccc(Cl)cc1Cl. The van der Waals surface area contributed by atoms with Crippen molar-refractivity contribution in [2.24, 2.45) is 5.10 Å². The first-order valence-corrected chi connectivity index (χ1v) is 8.27. The van der Waals surface area contributed by atoms with E-state index in [1.54, 1.807) is 24.4 Å². The molecule has 0 radical (unpaired) electrons. The highest BCUT2D eigenvalue weighted by molar-refractivity contribution is 6.35. The van der Waals surface area contributed by atoms with Crippen LogP contribution < -0.4 is 10.2 Å². The predicted molar refractivity (Wildman–Crippen MR) is 101 cm³/mol. The zero-order valence-corrected chi connectivity index (χ0v) is 14.9. The third kappa shape index (κ3) is 4.13. The summed E-state index contributed by atoms with van der Waals surface area (Å²) in [4.78, 5) is 15.1. The number of H-pyrrole nitrogens is 1. The minimum Gasteiger partial charge on any atom is -0.482 e. The molecule has 0 bridgehead atoms. The zero-order valence-electron chi connectivity index (χ0n) is 13.3. The number of aryl methyl sites for hydroxylation is 1. The Kier molecular flexibility index (Phi) is 5.26. The molecule has 25 heavy (non-hydrogen) atoms. The Morgan fingerprint density at radius 1 is 1.28 bits per heavy atom. The van der Waals surface area contributed by atoms with Crippen LogP contribution in [0.15, 0.2) is 47.6 Å². The summed E-state index contributed by atoms with van der Waals surface area (Å²) in [6.45, 7) is 1.75. The Bertz CT molecular complexity index is 951. The predicted octanol–water partition coefficient (Wildman–Crippen LogP) is 4.31. The molecule has 0 atom stereocenters. The summed E-state index contributed by atoms with van der Waals surface area (Å²) in [6, 6.07) is 12.7. The van der Waals surface area contributed by atoms with Crippen LogP contribution in [-0.4, -0.2) is 23.7 Å². The van der Waals surface area contributed by atoms with Gasteiger partial charge in [-0.3, -0.25) is 4.79 Å². The molecule has 5 nitrogen and oxygen atoms in total. The standard InChI is InChI=1S/C18H15Cl2N3O2/c1-11-14(13-4-2-3-5-16(13)22-11)9-21-23-18(24)10-25-17-7-6-12(19)8-15(17)20/h2-9,22H,10H2,1H3,(H,23,24). The number of fused-ring (bicyclic) bond motifs is 1. The van der Waals surface area contributed by atoms with E-state index in [-0.39, 0.29) is 12.5 Å². The normalized spacial score (nSPS) is 11.2. The number of hydrogen-bond acceptors (Lipinski definition) is 3. The summed E-state index contributed by atoms with van der Waals surface area (Å²) in [5, 5.41) is 5.88. The van der Waals surface area contributed by atoms with Gasteiger partial charge in [0.25, 0.3) is 5.91 Å². The van der Waals surface area contributed by atoms with E-state index in [0.29, 0.717) is 15.8 Å². The third-order valence-corrected chi connectivity index (χ3v) is 4.11. The van der Waals surface area contributed by atoms with Crippen molar-refractivity contribution >= 4 is 46.2 Å². The number of para-hydroxylation sites is 1. The maximum Gasteiger partial charge on any atom is 0.277 e. The molecular formula is C18H15Cl2N3O2. The summed E-state index contributed by atoms with van der Waals surface area (Å²) >= 11 is 11.8. The molecule has 1 heterocycles. The Labute approximate surface area is 154 Å². The summed E-state index contributed by atoms with van der Waals surface area (Å²) in [6.07, 6.45) is 1.61. The van der Waals surface area contributed by atoms with E-state index < -0.39 is 0 Å². The number of rotatable bonds is 5. The summed E-state index contributed by atoms with van der Waals surface area (Å²) in [5.41, 5.74) is 5.36. The lowest BCUT2D eigenvalue weighted by molar-refractivity contribution is -0.123. The second-order valence-electron chi connectivity index (χ2n) is 5.37. The Morgan fingerprint density at radius 3 is 2.88 bits per heavy atom. The van der Waals surface area contributed by atoms with E-state index in [4.69, 9.17) is 27.9 Å². The van der Waals surface area contributed by atoms with Gasteiger partial charge in [-0.25, -0.2) is 5.43 Å². The molecule has 0 unspecified atom stereocenters. The van der Waals surface area contributed by atoms with Crippen molar-refractivity contribution in [2.75, 3.05) is 6.61 Å². The van der Waals surface area contributed by atoms with Gasteiger partial charge in [0.15, 0.2) is 6.61 Å². The van der Waals surface area contributed by atoms with Crippen LogP contribution in [0.25, 0.3) is 10.9 Å². The molecule has 0 aliphatic carbocycles. The number of benzene rings is 2. The molecule has 1 amide bonds. The molecule has 0 saturated heterocycles. The number of amides is 1. The number of hydrazone groups is 1. The second kappa shape index (κ2) is 7.59. The van der Waals surface area contributed by atoms with Gasteiger partial charge in [0.05, 0.1) is 11.2 Å². The highest BCUT2D eigenvalue weighted by Gasteiger charge is 2.07. The lowest BCUT2D eigenvalue weighted by Crippen LogP contribution is -2.24. The average Bonchev–Trinajstić information content (AvgIpc) is 2.90. The molecule has 7 heteroatoms. The molecule has 3 rings (SSSR count). The fourth-order valence-electron chi connectivity index (χ4n) is 2.40. The van der Waals surface area contributed by atoms with E-state index in [1.165, 1.54) is 0 Å². The van der Waals surface area contributed by atoms with E-state index in [9.17, 15) is 4.79 Å². The van der Waals surface area contributed by atoms with Gasteiger partial charge in [-0.1, -0.05) is 41.4 Å². The molecule has 2 aromatic carbocycles. The first kappa shape index (κ1) is 17.3. The van der Waals surface area contributed by atoms with E-state index >= 15 is 0 Å². The molecule has 2 N–H and O–H groups in total. The number of carbonyl (C=O) groups is 1. The number of nitrogens with zero attached hydrogens (tertiary/aromatic N) is 1. The Hall–Kier alpha value is -2.50. The number of aromatic amines is 1. The van der Waals surface area contributed by atoms with Gasteiger partial charge in [-0.05, 0) is 31.2 Å². The molecule has 0 saturated carbocycles. The number of halogens is 2. The molecule has 0 spiro atoms. The number of ether oxygens (including phenoxy) is 1. The molecule has 0 aliphatic rings. The fraction of sp³-hybridized carbons (Fsp3) is 0.111. The molecule has 1 aromatic heterocycles. The first-order valence-electron chi connectivity index (χ1n) is 7.51. The molecule has 0 aliphatic heterocycles. The fourth-order valence-corrected chi connectivity index (χ4v) is 2.86. The number of aromatic nitrogens is 1. The average molecular weight is 376 g/mol. The second-order valence-corrected chi connectivity index (χ2v) is 6.21. The smallest absolute Gasteiger partial charge is 0.277 e. The van der Waals surface area contributed by atoms with Gasteiger partial charge < -0.3 is 9.72 Å². The zero-order chi connectivity index (χ0) is 17.8. The van der Waals surface area contributed by atoms with Crippen LogP contribution in [0.2, 0.25) is 10.0 Å². The largest absolute Gasteiger partial charge is 0.482 e. The van der Waals surface area contributed by atoms with Crippen molar-refractivity contribution in [2.45, 2.75) is 6.92 Å². The van der Waals surface area contributed by atoms with E-state index in [1.807, 2.05) is 31.2 Å². The Balaban J connectivity index is 1.60. The van der Waals surface area contributed by atoms with Crippen LogP contribution in [-0.2, 0) is 4.79 Å². The molecule has 128 valence electrons. The summed E-state index contributed by atoms with van der Waals surface area (Å²) in [5.74, 6) is -0.00238. The van der Waals surface area contributed by atoms with Crippen molar-refractivity contribution in [1.82, 2.24) is 10.4 Å². The van der Waals surface area contributed by atoms with Crippen LogP contribution in [0.3, 0.4) is 0 Å². The van der Waals surface area contributed by atoms with E-state index in [0.717, 1.165) is 22.2 Å². The number of nitrogens with one attached hydrogen (secondary N) is 2. The van der Waals surface area contributed by atoms with Crippen LogP contribution in [0.1, 0.15) is 11.3 Å². The number of hydrogen-bond donors (Lipinski definition) is 2. The highest BCUT2D eigenvalue weighted by atomic mass is 35.5. The van der Waals surface area contributed by atoms with Crippen LogP contribution in [0.4, 0.5) is 0 Å². The van der Waals surface area contributed by atoms with Crippen LogP contribution >= 0.6 is 23.2 Å². The Morgan fingerprint density at radius 2 is 2.08 bits per heavy atom. The van der Waals surface area contributed by atoms with Crippen LogP contribution in [0.5, 0.6) is 5.75 Å². The molecular weight excluding hydrogens is 361 g/mol. The van der Waals surface area contributed by atoms with Crippen molar-refractivity contribution in [3.63, 3.8) is 0 Å². The highest BCUT2D eigenvalue weighted by Crippen LogP contribution is 2.27. The van der Waals surface area contributed by atoms with Gasteiger partial charge in [0.1, 0.15) is 5.75 Å². The maximum absolute atomic E-state index is 11.8. The minimum atomic E-state index is -0.389. The van der Waals surface area contributed by atoms with Gasteiger partial charge >= 0.3 is 0 Å². The summed E-state index contributed by atoms with van der Waals surface area (Å²) in [7, 11) is 0. The van der Waals surface area contributed by atoms with Gasteiger partial charge in [-0.15, -0.1) is 0 Å². The summed E-state index contributed by atoms with van der Waals surface area (Å²) < 4.78 is 5.35. The first-order chi connectivity index (χ1) is 12.0. The minimum absolute atomic E-state index is 0.203. The van der Waals surface area contributed by atoms with Gasteiger partial charge in [-0.2, -0.15) is 5.10 Å². The van der Waals surface area contributed by atoms with E-state index in [2.05, 4.69) is 15.5 Å². The van der Waals surface area contributed by atoms with Crippen molar-refractivity contribution in [3.05, 3.63) is 63.8 Å². The van der Waals surface area contributed by atoms with Gasteiger partial charge in [0, 0.05) is 27.2 Å². The van der Waals surface area contributed by atoms with Crippen LogP contribution in [0, 0.1) is 6.92 Å².